The van der Waals surface area contributed by atoms with E-state index in [1.807, 2.05) is 4.90 Å². The smallest absolute Gasteiger partial charge is 0.416 e. The number of alkyl halides is 3. The van der Waals surface area contributed by atoms with Gasteiger partial charge in [-0.25, -0.2) is 4.98 Å². The van der Waals surface area contributed by atoms with Crippen LogP contribution >= 0.6 is 11.6 Å². The van der Waals surface area contributed by atoms with Crippen molar-refractivity contribution in [2.24, 2.45) is 0 Å². The second-order valence-electron chi connectivity index (χ2n) is 12.0. The molecule has 14 nitrogen and oxygen atoms in total. The molecule has 2 saturated heterocycles. The Morgan fingerprint density at radius 2 is 1.88 bits per heavy atom. The Hall–Kier alpha value is -4.74. The van der Waals surface area contributed by atoms with Gasteiger partial charge < -0.3 is 34.3 Å². The van der Waals surface area contributed by atoms with Gasteiger partial charge in [-0.15, -0.1) is 5.10 Å². The predicted molar refractivity (Wildman–Crippen MR) is 168 cm³/mol. The standard InChI is InChI=1S/C31H30ClF3N8O6/c1-17-25-23(30(49-17)6-9-40(10-7-30)27(47)24-21(44)3-2-8-36-24)26(46)43-29(38-28(39-43)41-11-13-48-14-12-41)42(25)16-22(45)37-20-5-4-18(15-19(20)32)31(33,34)35/h2-5,8,15,17,44H,6-7,9-14,16H2,1H3,(H,37,45). The minimum Gasteiger partial charge on any atom is -0.505 e. The van der Waals surface area contributed by atoms with Gasteiger partial charge in [0.05, 0.1) is 46.8 Å². The topological polar surface area (TPSA) is 156 Å². The first-order valence-electron chi connectivity index (χ1n) is 15.5. The summed E-state index contributed by atoms with van der Waals surface area (Å²) in [6.07, 6.45) is -3.45. The molecule has 1 aromatic carbocycles. The molecule has 6 heterocycles. The normalized spacial score (nSPS) is 19.0. The number of morpholine rings is 1. The summed E-state index contributed by atoms with van der Waals surface area (Å²) in [5, 5.41) is 17.0. The fourth-order valence-corrected chi connectivity index (χ4v) is 6.92. The highest BCUT2D eigenvalue weighted by Gasteiger charge is 2.50. The summed E-state index contributed by atoms with van der Waals surface area (Å²) in [7, 11) is 0. The number of carbonyl (C=O) groups is 2. The van der Waals surface area contributed by atoms with Crippen LogP contribution in [-0.2, 0) is 32.6 Å². The average molecular weight is 703 g/mol. The summed E-state index contributed by atoms with van der Waals surface area (Å²) in [6, 6.07) is 5.51. The summed E-state index contributed by atoms with van der Waals surface area (Å²) < 4.78 is 54.2. The number of aromatic hydroxyl groups is 1. The van der Waals surface area contributed by atoms with Gasteiger partial charge in [-0.1, -0.05) is 11.6 Å². The number of nitrogens with zero attached hydrogens (tertiary/aromatic N) is 7. The molecule has 0 bridgehead atoms. The Morgan fingerprint density at radius 1 is 1.14 bits per heavy atom. The van der Waals surface area contributed by atoms with Crippen LogP contribution in [0.25, 0.3) is 5.78 Å². The van der Waals surface area contributed by atoms with Crippen molar-refractivity contribution in [2.75, 3.05) is 49.6 Å². The maximum Gasteiger partial charge on any atom is 0.416 e. The van der Waals surface area contributed by atoms with Crippen LogP contribution in [0.1, 0.15) is 53.2 Å². The molecule has 7 rings (SSSR count). The molecule has 258 valence electrons. The predicted octanol–water partition coefficient (Wildman–Crippen LogP) is 3.36. The van der Waals surface area contributed by atoms with E-state index in [4.69, 9.17) is 21.1 Å². The van der Waals surface area contributed by atoms with E-state index in [0.717, 1.165) is 22.7 Å². The van der Waals surface area contributed by atoms with E-state index < -0.39 is 47.4 Å². The van der Waals surface area contributed by atoms with E-state index >= 15 is 0 Å². The third-order valence-electron chi connectivity index (χ3n) is 9.03. The zero-order valence-corrected chi connectivity index (χ0v) is 26.8. The lowest BCUT2D eigenvalue weighted by molar-refractivity contribution is -0.137. The maximum atomic E-state index is 14.3. The third-order valence-corrected chi connectivity index (χ3v) is 9.34. The number of hydrogen-bond donors (Lipinski definition) is 2. The number of amides is 2. The summed E-state index contributed by atoms with van der Waals surface area (Å²) >= 11 is 6.11. The molecule has 1 spiro atoms. The van der Waals surface area contributed by atoms with E-state index in [9.17, 15) is 32.7 Å². The van der Waals surface area contributed by atoms with Gasteiger partial charge in [0.15, 0.2) is 5.69 Å². The molecule has 49 heavy (non-hydrogen) atoms. The van der Waals surface area contributed by atoms with Crippen LogP contribution in [0.5, 0.6) is 5.75 Å². The maximum absolute atomic E-state index is 14.3. The molecular formula is C31H30ClF3N8O6. The summed E-state index contributed by atoms with van der Waals surface area (Å²) in [5.74, 6) is -1.01. The van der Waals surface area contributed by atoms with Crippen molar-refractivity contribution >= 4 is 40.8 Å². The van der Waals surface area contributed by atoms with Crippen molar-refractivity contribution in [3.63, 3.8) is 0 Å². The van der Waals surface area contributed by atoms with Crippen molar-refractivity contribution < 1.29 is 37.3 Å². The van der Waals surface area contributed by atoms with E-state index in [2.05, 4.69) is 20.4 Å². The quantitative estimate of drug-likeness (QED) is 0.316. The molecule has 3 aromatic heterocycles. The van der Waals surface area contributed by atoms with Crippen LogP contribution in [0.15, 0.2) is 41.3 Å². The number of halogens is 4. The molecule has 0 radical (unpaired) electrons. The second kappa shape index (κ2) is 12.3. The van der Waals surface area contributed by atoms with Gasteiger partial charge in [0.2, 0.25) is 17.6 Å². The number of piperidine rings is 1. The molecule has 1 unspecified atom stereocenters. The highest BCUT2D eigenvalue weighted by Crippen LogP contribution is 2.48. The van der Waals surface area contributed by atoms with E-state index in [1.54, 1.807) is 6.92 Å². The van der Waals surface area contributed by atoms with Crippen molar-refractivity contribution in [3.05, 3.63) is 74.4 Å². The van der Waals surface area contributed by atoms with Crippen molar-refractivity contribution in [1.29, 1.82) is 0 Å². The van der Waals surface area contributed by atoms with Gasteiger partial charge in [0, 0.05) is 32.4 Å². The number of likely N-dealkylation sites (tertiary alicyclic amines) is 1. The Labute approximate surface area is 281 Å². The van der Waals surface area contributed by atoms with Gasteiger partial charge in [0.1, 0.15) is 17.9 Å². The SMILES string of the molecule is CC1OC2(CCN(C(=O)c3ncccc3O)CC2)c2c1n(CC(=O)Nc1ccc(C(F)(F)F)cc1Cl)c1nc(N3CCOCC3)nn1c2=O. The minimum absolute atomic E-state index is 0.0272. The molecule has 2 fully saturated rings. The first kappa shape index (κ1) is 32.8. The van der Waals surface area contributed by atoms with Gasteiger partial charge >= 0.3 is 6.18 Å². The number of benzene rings is 1. The van der Waals surface area contributed by atoms with Crippen molar-refractivity contribution in [3.8, 4) is 5.75 Å². The number of ether oxygens (including phenoxy) is 2. The number of rotatable bonds is 5. The van der Waals surface area contributed by atoms with Crippen LogP contribution in [0, 0.1) is 0 Å². The third kappa shape index (κ3) is 5.84. The highest BCUT2D eigenvalue weighted by atomic mass is 35.5. The van der Waals surface area contributed by atoms with E-state index in [-0.39, 0.29) is 65.4 Å². The van der Waals surface area contributed by atoms with E-state index in [0.29, 0.717) is 32.0 Å². The van der Waals surface area contributed by atoms with Gasteiger partial charge in [0.25, 0.3) is 11.5 Å². The number of pyridine rings is 1. The molecule has 0 saturated carbocycles. The lowest BCUT2D eigenvalue weighted by Crippen LogP contribution is -2.47. The zero-order valence-electron chi connectivity index (χ0n) is 26.0. The molecule has 3 aliphatic rings. The minimum atomic E-state index is -4.62. The summed E-state index contributed by atoms with van der Waals surface area (Å²) in [5.41, 5.74) is -2.01. The average Bonchev–Trinajstić information content (AvgIpc) is 3.64. The number of aromatic nitrogens is 5. The largest absolute Gasteiger partial charge is 0.505 e. The molecule has 1 atom stereocenters. The highest BCUT2D eigenvalue weighted by molar-refractivity contribution is 6.33. The first-order valence-corrected chi connectivity index (χ1v) is 15.9. The number of carbonyl (C=O) groups excluding carboxylic acids is 2. The van der Waals surface area contributed by atoms with Crippen LogP contribution in [0.4, 0.5) is 24.8 Å². The number of hydrogen-bond acceptors (Lipinski definition) is 10. The Morgan fingerprint density at radius 3 is 2.55 bits per heavy atom. The summed E-state index contributed by atoms with van der Waals surface area (Å²) in [4.78, 5) is 53.1. The molecule has 18 heteroatoms. The molecule has 2 amide bonds. The molecule has 4 aromatic rings. The molecular weight excluding hydrogens is 673 g/mol. The monoisotopic (exact) mass is 702 g/mol. The van der Waals surface area contributed by atoms with Gasteiger partial charge in [-0.3, -0.25) is 14.4 Å². The zero-order chi connectivity index (χ0) is 34.7. The Balaban J connectivity index is 1.25. The Kier molecular flexibility index (Phi) is 8.23. The first-order chi connectivity index (χ1) is 23.4. The fraction of sp³-hybridized carbons (Fsp3) is 0.419. The lowest BCUT2D eigenvalue weighted by Gasteiger charge is -2.39. The fourth-order valence-electron chi connectivity index (χ4n) is 6.70. The van der Waals surface area contributed by atoms with Crippen LogP contribution in [0.2, 0.25) is 5.02 Å². The van der Waals surface area contributed by atoms with Crippen LogP contribution in [-0.4, -0.2) is 85.4 Å². The molecule has 0 aliphatic carbocycles. The number of fused-ring (bicyclic) bond motifs is 3. The Bertz CT molecular complexity index is 2020. The lowest BCUT2D eigenvalue weighted by atomic mass is 9.85. The molecule has 3 aliphatic heterocycles. The second-order valence-corrected chi connectivity index (χ2v) is 12.4. The summed E-state index contributed by atoms with van der Waals surface area (Å²) in [6.45, 7) is 3.54. The van der Waals surface area contributed by atoms with Crippen LogP contribution in [0.3, 0.4) is 0 Å². The van der Waals surface area contributed by atoms with Crippen molar-refractivity contribution in [2.45, 2.75) is 44.2 Å². The van der Waals surface area contributed by atoms with Crippen molar-refractivity contribution in [1.82, 2.24) is 29.0 Å². The number of anilines is 2. The van der Waals surface area contributed by atoms with Gasteiger partial charge in [-0.05, 0) is 50.1 Å². The number of nitrogens with one attached hydrogen (secondary N) is 1. The van der Waals surface area contributed by atoms with Gasteiger partial charge in [-0.2, -0.15) is 22.7 Å². The molecule has 2 N–H and O–H groups in total. The van der Waals surface area contributed by atoms with E-state index in [1.165, 1.54) is 27.8 Å². The van der Waals surface area contributed by atoms with Crippen LogP contribution < -0.4 is 15.8 Å².